The third-order valence-corrected chi connectivity index (χ3v) is 3.53. The highest BCUT2D eigenvalue weighted by Gasteiger charge is 2.18. The second kappa shape index (κ2) is 4.63. The molecule has 0 saturated heterocycles. The Balaban J connectivity index is 2.21. The third kappa shape index (κ3) is 1.88. The number of para-hydroxylation sites is 1. The molecule has 2 aromatic rings. The van der Waals surface area contributed by atoms with Gasteiger partial charge in [0.1, 0.15) is 5.75 Å². The quantitative estimate of drug-likeness (QED) is 0.897. The van der Waals surface area contributed by atoms with E-state index in [1.165, 1.54) is 5.56 Å². The lowest BCUT2D eigenvalue weighted by Crippen LogP contribution is -1.99. The van der Waals surface area contributed by atoms with Gasteiger partial charge in [-0.05, 0) is 28.8 Å². The normalized spacial score (nSPS) is 13.2. The number of rotatable bonds is 2. The number of nitrogens with two attached hydrogens (primary N) is 1. The second-order valence-corrected chi connectivity index (χ2v) is 4.83. The van der Waals surface area contributed by atoms with Crippen LogP contribution >= 0.6 is 11.6 Å². The Morgan fingerprint density at radius 1 is 1.17 bits per heavy atom. The summed E-state index contributed by atoms with van der Waals surface area (Å²) < 4.78 is 5.74. The Hall–Kier alpha value is -1.51. The zero-order valence-electron chi connectivity index (χ0n) is 9.95. The van der Waals surface area contributed by atoms with Gasteiger partial charge in [0.05, 0.1) is 6.61 Å². The van der Waals surface area contributed by atoms with Crippen molar-refractivity contribution in [3.63, 3.8) is 0 Å². The summed E-state index contributed by atoms with van der Waals surface area (Å²) in [4.78, 5) is 0. The van der Waals surface area contributed by atoms with E-state index in [0.717, 1.165) is 40.5 Å². The average Bonchev–Trinajstić information content (AvgIpc) is 2.86. The van der Waals surface area contributed by atoms with Crippen LogP contribution in [0.25, 0.3) is 11.1 Å². The standard InChI is InChI=1S/C15H14ClNO/c16-12-5-4-11(9-17)14(8-12)13-3-1-2-10-6-7-18-15(10)13/h1-5,8H,6-7,9,17H2. The van der Waals surface area contributed by atoms with Crippen LogP contribution in [0.4, 0.5) is 0 Å². The zero-order chi connectivity index (χ0) is 12.5. The number of benzene rings is 2. The molecule has 1 aliphatic heterocycles. The molecule has 0 radical (unpaired) electrons. The number of ether oxygens (including phenoxy) is 1. The highest BCUT2D eigenvalue weighted by Crippen LogP contribution is 2.38. The fourth-order valence-corrected chi connectivity index (χ4v) is 2.58. The summed E-state index contributed by atoms with van der Waals surface area (Å²) in [5.41, 5.74) is 10.3. The van der Waals surface area contributed by atoms with E-state index >= 15 is 0 Å². The molecule has 92 valence electrons. The van der Waals surface area contributed by atoms with Crippen molar-refractivity contribution in [2.75, 3.05) is 6.61 Å². The van der Waals surface area contributed by atoms with Gasteiger partial charge in [-0.2, -0.15) is 0 Å². The van der Waals surface area contributed by atoms with E-state index in [2.05, 4.69) is 18.2 Å². The van der Waals surface area contributed by atoms with Crippen molar-refractivity contribution in [3.8, 4) is 16.9 Å². The molecule has 0 fully saturated rings. The first-order valence-electron chi connectivity index (χ1n) is 6.03. The van der Waals surface area contributed by atoms with Gasteiger partial charge in [0, 0.05) is 23.6 Å². The Labute approximate surface area is 111 Å². The molecule has 2 nitrogen and oxygen atoms in total. The molecule has 1 aliphatic rings. The summed E-state index contributed by atoms with van der Waals surface area (Å²) in [7, 11) is 0. The summed E-state index contributed by atoms with van der Waals surface area (Å²) >= 11 is 6.09. The molecule has 0 saturated carbocycles. The largest absolute Gasteiger partial charge is 0.492 e. The molecule has 0 spiro atoms. The minimum atomic E-state index is 0.496. The van der Waals surface area contributed by atoms with E-state index in [0.29, 0.717) is 6.54 Å². The summed E-state index contributed by atoms with van der Waals surface area (Å²) in [5, 5.41) is 0.720. The van der Waals surface area contributed by atoms with Crippen molar-refractivity contribution < 1.29 is 4.74 Å². The molecule has 1 heterocycles. The first-order valence-corrected chi connectivity index (χ1v) is 6.41. The monoisotopic (exact) mass is 259 g/mol. The van der Waals surface area contributed by atoms with E-state index in [1.54, 1.807) is 0 Å². The van der Waals surface area contributed by atoms with Crippen LogP contribution in [-0.2, 0) is 13.0 Å². The summed E-state index contributed by atoms with van der Waals surface area (Å²) in [6.07, 6.45) is 0.974. The molecule has 0 aliphatic carbocycles. The van der Waals surface area contributed by atoms with Gasteiger partial charge in [-0.3, -0.25) is 0 Å². The molecule has 0 bridgehead atoms. The van der Waals surface area contributed by atoms with Gasteiger partial charge >= 0.3 is 0 Å². The maximum atomic E-state index is 6.09. The van der Waals surface area contributed by atoms with Crippen LogP contribution in [-0.4, -0.2) is 6.61 Å². The smallest absolute Gasteiger partial charge is 0.130 e. The van der Waals surface area contributed by atoms with Gasteiger partial charge in [0.15, 0.2) is 0 Å². The Bertz CT molecular complexity index is 595. The van der Waals surface area contributed by atoms with Gasteiger partial charge in [-0.15, -0.1) is 0 Å². The molecule has 0 aromatic heterocycles. The number of hydrogen-bond donors (Lipinski definition) is 1. The van der Waals surface area contributed by atoms with Crippen molar-refractivity contribution in [1.29, 1.82) is 0 Å². The molecule has 0 amide bonds. The Morgan fingerprint density at radius 2 is 2.06 bits per heavy atom. The first kappa shape index (κ1) is 11.6. The predicted octanol–water partition coefficient (Wildman–Crippen LogP) is 3.40. The molecule has 3 heteroatoms. The van der Waals surface area contributed by atoms with Gasteiger partial charge in [-0.1, -0.05) is 35.9 Å². The molecule has 0 unspecified atom stereocenters. The summed E-state index contributed by atoms with van der Waals surface area (Å²) in [5.74, 6) is 0.981. The maximum absolute atomic E-state index is 6.09. The number of fused-ring (bicyclic) bond motifs is 1. The van der Waals surface area contributed by atoms with Crippen LogP contribution < -0.4 is 10.5 Å². The van der Waals surface area contributed by atoms with Crippen molar-refractivity contribution in [2.24, 2.45) is 5.73 Å². The van der Waals surface area contributed by atoms with E-state index in [1.807, 2.05) is 18.2 Å². The molecular weight excluding hydrogens is 246 g/mol. The van der Waals surface area contributed by atoms with Crippen LogP contribution in [0, 0.1) is 0 Å². The topological polar surface area (TPSA) is 35.2 Å². The van der Waals surface area contributed by atoms with Crippen LogP contribution in [0.3, 0.4) is 0 Å². The van der Waals surface area contributed by atoms with Crippen LogP contribution in [0.2, 0.25) is 5.02 Å². The lowest BCUT2D eigenvalue weighted by molar-refractivity contribution is 0.358. The van der Waals surface area contributed by atoms with Crippen LogP contribution in [0.1, 0.15) is 11.1 Å². The summed E-state index contributed by atoms with van der Waals surface area (Å²) in [6.45, 7) is 1.25. The van der Waals surface area contributed by atoms with E-state index < -0.39 is 0 Å². The van der Waals surface area contributed by atoms with Crippen LogP contribution in [0.15, 0.2) is 36.4 Å². The molecule has 2 aromatic carbocycles. The number of halogens is 1. The summed E-state index contributed by atoms with van der Waals surface area (Å²) in [6, 6.07) is 12.0. The maximum Gasteiger partial charge on any atom is 0.130 e. The second-order valence-electron chi connectivity index (χ2n) is 4.40. The highest BCUT2D eigenvalue weighted by molar-refractivity contribution is 6.30. The minimum Gasteiger partial charge on any atom is -0.492 e. The molecule has 2 N–H and O–H groups in total. The average molecular weight is 260 g/mol. The number of hydrogen-bond acceptors (Lipinski definition) is 2. The third-order valence-electron chi connectivity index (χ3n) is 3.30. The van der Waals surface area contributed by atoms with Gasteiger partial charge < -0.3 is 10.5 Å². The Kier molecular flexibility index (Phi) is 2.98. The minimum absolute atomic E-state index is 0.496. The van der Waals surface area contributed by atoms with Crippen molar-refractivity contribution in [3.05, 3.63) is 52.5 Å². The van der Waals surface area contributed by atoms with Crippen molar-refractivity contribution in [2.45, 2.75) is 13.0 Å². The lowest BCUT2D eigenvalue weighted by atomic mass is 9.97. The fourth-order valence-electron chi connectivity index (χ4n) is 2.40. The lowest BCUT2D eigenvalue weighted by Gasteiger charge is -2.12. The molecule has 0 atom stereocenters. The van der Waals surface area contributed by atoms with Crippen molar-refractivity contribution >= 4 is 11.6 Å². The molecular formula is C15H14ClNO. The molecule has 3 rings (SSSR count). The van der Waals surface area contributed by atoms with Gasteiger partial charge in [-0.25, -0.2) is 0 Å². The first-order chi connectivity index (χ1) is 8.79. The van der Waals surface area contributed by atoms with Crippen LogP contribution in [0.5, 0.6) is 5.75 Å². The van der Waals surface area contributed by atoms with Gasteiger partial charge in [0.2, 0.25) is 0 Å². The Morgan fingerprint density at radius 3 is 2.89 bits per heavy atom. The van der Waals surface area contributed by atoms with Gasteiger partial charge in [0.25, 0.3) is 0 Å². The van der Waals surface area contributed by atoms with E-state index in [4.69, 9.17) is 22.1 Å². The zero-order valence-corrected chi connectivity index (χ0v) is 10.7. The van der Waals surface area contributed by atoms with E-state index in [9.17, 15) is 0 Å². The van der Waals surface area contributed by atoms with Crippen molar-refractivity contribution in [1.82, 2.24) is 0 Å². The fraction of sp³-hybridized carbons (Fsp3) is 0.200. The molecule has 18 heavy (non-hydrogen) atoms. The predicted molar refractivity (Wildman–Crippen MR) is 74.0 cm³/mol. The highest BCUT2D eigenvalue weighted by atomic mass is 35.5. The van der Waals surface area contributed by atoms with E-state index in [-0.39, 0.29) is 0 Å². The SMILES string of the molecule is NCc1ccc(Cl)cc1-c1cccc2c1OCC2.